The number of hydrogen-bond acceptors (Lipinski definition) is 5. The van der Waals surface area contributed by atoms with Gasteiger partial charge in [0.25, 0.3) is 0 Å². The largest absolute Gasteiger partial charge is 0.495 e. The molecule has 0 N–H and O–H groups in total. The lowest BCUT2D eigenvalue weighted by molar-refractivity contribution is -0.137. The van der Waals surface area contributed by atoms with E-state index in [1.54, 1.807) is 19.1 Å². The van der Waals surface area contributed by atoms with Crippen LogP contribution in [0.25, 0.3) is 0 Å². The van der Waals surface area contributed by atoms with Crippen LogP contribution < -0.4 is 9.47 Å². The number of halogens is 3. The Balaban J connectivity index is 1.70. The Hall–Kier alpha value is -2.33. The monoisotopic (exact) mass is 402 g/mol. The maximum atomic E-state index is 12.8. The van der Waals surface area contributed by atoms with E-state index in [1.807, 2.05) is 0 Å². The Morgan fingerprint density at radius 1 is 1.19 bits per heavy atom. The molecule has 0 atom stereocenters. The van der Waals surface area contributed by atoms with Crippen molar-refractivity contribution in [3.05, 3.63) is 47.7 Å². The highest BCUT2D eigenvalue weighted by molar-refractivity contribution is 7.89. The van der Waals surface area contributed by atoms with Gasteiger partial charge >= 0.3 is 6.18 Å². The number of nitrogens with zero attached hydrogens (tertiary/aromatic N) is 2. The molecule has 2 heterocycles. The van der Waals surface area contributed by atoms with Crippen molar-refractivity contribution >= 4 is 10.0 Å². The molecule has 146 valence electrons. The summed E-state index contributed by atoms with van der Waals surface area (Å²) in [6.45, 7) is 1.79. The van der Waals surface area contributed by atoms with Crippen LogP contribution in [0.2, 0.25) is 0 Å². The van der Waals surface area contributed by atoms with Gasteiger partial charge in [-0.25, -0.2) is 13.4 Å². The molecule has 0 bridgehead atoms. The van der Waals surface area contributed by atoms with Crippen molar-refractivity contribution in [3.8, 4) is 11.6 Å². The predicted molar refractivity (Wildman–Crippen MR) is 90.1 cm³/mol. The van der Waals surface area contributed by atoms with Gasteiger partial charge in [-0.2, -0.15) is 17.5 Å². The van der Waals surface area contributed by atoms with Crippen LogP contribution in [-0.2, 0) is 16.2 Å². The van der Waals surface area contributed by atoms with Gasteiger partial charge in [0.15, 0.2) is 0 Å². The van der Waals surface area contributed by atoms with E-state index in [9.17, 15) is 21.6 Å². The van der Waals surface area contributed by atoms with Gasteiger partial charge in [0, 0.05) is 12.3 Å². The first-order valence-electron chi connectivity index (χ1n) is 7.96. The molecule has 1 aromatic carbocycles. The Morgan fingerprint density at radius 3 is 2.52 bits per heavy atom. The number of aromatic nitrogens is 1. The van der Waals surface area contributed by atoms with Gasteiger partial charge in [0.1, 0.15) is 16.7 Å². The third-order valence-electron chi connectivity index (χ3n) is 4.10. The van der Waals surface area contributed by atoms with Gasteiger partial charge in [0.05, 0.1) is 25.8 Å². The number of benzene rings is 1. The van der Waals surface area contributed by atoms with E-state index in [-0.39, 0.29) is 29.6 Å². The Morgan fingerprint density at radius 2 is 1.89 bits per heavy atom. The number of methoxy groups -OCH3 is 1. The number of sulfonamides is 1. The van der Waals surface area contributed by atoms with Crippen molar-refractivity contribution < 1.29 is 31.1 Å². The van der Waals surface area contributed by atoms with Crippen LogP contribution in [0.1, 0.15) is 11.1 Å². The van der Waals surface area contributed by atoms with Crippen molar-refractivity contribution in [1.29, 1.82) is 0 Å². The minimum Gasteiger partial charge on any atom is -0.495 e. The lowest BCUT2D eigenvalue weighted by Gasteiger charge is -2.37. The van der Waals surface area contributed by atoms with Crippen LogP contribution in [0, 0.1) is 6.92 Å². The number of aryl methyl sites for hydroxylation is 1. The summed E-state index contributed by atoms with van der Waals surface area (Å²) in [5.41, 5.74) is -0.114. The van der Waals surface area contributed by atoms with Gasteiger partial charge in [-0.3, -0.25) is 0 Å². The second-order valence-corrected chi connectivity index (χ2v) is 8.00. The van der Waals surface area contributed by atoms with Gasteiger partial charge < -0.3 is 9.47 Å². The average molecular weight is 402 g/mol. The molecule has 1 saturated heterocycles. The standard InChI is InChI=1S/C17H17F3N2O4S/c1-11-3-4-14(25-2)15(7-11)27(23,24)22-9-13(10-22)26-16-8-12(5-6-21-16)17(18,19)20/h3-8,13H,9-10H2,1-2H3. The summed E-state index contributed by atoms with van der Waals surface area (Å²) < 4.78 is 75.4. The molecule has 1 aromatic heterocycles. The van der Waals surface area contributed by atoms with E-state index < -0.39 is 27.9 Å². The topological polar surface area (TPSA) is 68.7 Å². The van der Waals surface area contributed by atoms with Crippen molar-refractivity contribution in [2.24, 2.45) is 0 Å². The normalized spacial score (nSPS) is 16.0. The highest BCUT2D eigenvalue weighted by Crippen LogP contribution is 2.33. The molecule has 0 unspecified atom stereocenters. The molecule has 1 aliphatic rings. The summed E-state index contributed by atoms with van der Waals surface area (Å²) in [6, 6.07) is 6.45. The highest BCUT2D eigenvalue weighted by atomic mass is 32.2. The first kappa shape index (κ1) is 19.4. The van der Waals surface area contributed by atoms with E-state index in [2.05, 4.69) is 4.98 Å². The molecule has 0 spiro atoms. The molecule has 1 aliphatic heterocycles. The molecule has 2 aromatic rings. The minimum atomic E-state index is -4.50. The van der Waals surface area contributed by atoms with Gasteiger partial charge in [-0.05, 0) is 30.7 Å². The zero-order valence-electron chi connectivity index (χ0n) is 14.5. The molecular formula is C17H17F3N2O4S. The zero-order valence-corrected chi connectivity index (χ0v) is 15.3. The lowest BCUT2D eigenvalue weighted by Crippen LogP contribution is -2.56. The molecule has 0 radical (unpaired) electrons. The number of alkyl halides is 3. The lowest BCUT2D eigenvalue weighted by atomic mass is 10.2. The Labute approximate surface area is 154 Å². The van der Waals surface area contributed by atoms with E-state index in [0.717, 1.165) is 23.9 Å². The fraction of sp³-hybridized carbons (Fsp3) is 0.353. The quantitative estimate of drug-likeness (QED) is 0.769. The van der Waals surface area contributed by atoms with E-state index in [0.29, 0.717) is 0 Å². The van der Waals surface area contributed by atoms with Gasteiger partial charge in [0.2, 0.25) is 15.9 Å². The van der Waals surface area contributed by atoms with Gasteiger partial charge in [-0.15, -0.1) is 0 Å². The summed E-state index contributed by atoms with van der Waals surface area (Å²) in [5.74, 6) is 0.0320. The van der Waals surface area contributed by atoms with Crippen molar-refractivity contribution in [3.63, 3.8) is 0 Å². The zero-order chi connectivity index (χ0) is 19.8. The van der Waals surface area contributed by atoms with Crippen molar-refractivity contribution in [1.82, 2.24) is 9.29 Å². The predicted octanol–water partition coefficient (Wildman–Crippen LogP) is 2.87. The minimum absolute atomic E-state index is 0.0113. The number of hydrogen-bond donors (Lipinski definition) is 0. The molecule has 1 fully saturated rings. The van der Waals surface area contributed by atoms with E-state index >= 15 is 0 Å². The second kappa shape index (κ2) is 7.01. The van der Waals surface area contributed by atoms with Crippen LogP contribution in [-0.4, -0.2) is 44.0 Å². The van der Waals surface area contributed by atoms with E-state index in [4.69, 9.17) is 9.47 Å². The molecule has 0 amide bonds. The van der Waals surface area contributed by atoms with Crippen LogP contribution in [0.15, 0.2) is 41.4 Å². The molecule has 3 rings (SSSR count). The van der Waals surface area contributed by atoms with Crippen molar-refractivity contribution in [2.75, 3.05) is 20.2 Å². The SMILES string of the molecule is COc1ccc(C)cc1S(=O)(=O)N1CC(Oc2cc(C(F)(F)F)ccn2)C1. The fourth-order valence-corrected chi connectivity index (χ4v) is 4.36. The molecule has 0 aliphatic carbocycles. The third-order valence-corrected chi connectivity index (χ3v) is 5.95. The number of rotatable bonds is 5. The van der Waals surface area contributed by atoms with Crippen molar-refractivity contribution in [2.45, 2.75) is 24.1 Å². The maximum Gasteiger partial charge on any atom is 0.416 e. The summed E-state index contributed by atoms with van der Waals surface area (Å²) in [7, 11) is -2.42. The Bertz CT molecular complexity index is 941. The van der Waals surface area contributed by atoms with Crippen LogP contribution in [0.3, 0.4) is 0 Å². The Kier molecular flexibility index (Phi) is 5.04. The average Bonchev–Trinajstić information content (AvgIpc) is 2.57. The third kappa shape index (κ3) is 4.01. The first-order valence-corrected chi connectivity index (χ1v) is 9.40. The first-order chi connectivity index (χ1) is 12.6. The molecule has 27 heavy (non-hydrogen) atoms. The number of ether oxygens (including phenoxy) is 2. The fourth-order valence-electron chi connectivity index (χ4n) is 2.62. The van der Waals surface area contributed by atoms with Crippen LogP contribution in [0.5, 0.6) is 11.6 Å². The highest BCUT2D eigenvalue weighted by Gasteiger charge is 2.40. The maximum absolute atomic E-state index is 12.8. The summed E-state index contributed by atoms with van der Waals surface area (Å²) >= 11 is 0. The molecular weight excluding hydrogens is 385 g/mol. The van der Waals surface area contributed by atoms with E-state index in [1.165, 1.54) is 17.5 Å². The summed E-state index contributed by atoms with van der Waals surface area (Å²) in [5, 5.41) is 0. The molecule has 10 heteroatoms. The van der Waals surface area contributed by atoms with Gasteiger partial charge in [-0.1, -0.05) is 6.07 Å². The van der Waals surface area contributed by atoms with Crippen LogP contribution >= 0.6 is 0 Å². The number of pyridine rings is 1. The summed E-state index contributed by atoms with van der Waals surface area (Å²) in [6.07, 6.45) is -4.08. The van der Waals surface area contributed by atoms with Crippen LogP contribution in [0.4, 0.5) is 13.2 Å². The second-order valence-electron chi connectivity index (χ2n) is 6.10. The smallest absolute Gasteiger partial charge is 0.416 e. The molecule has 6 nitrogen and oxygen atoms in total. The molecule has 0 saturated carbocycles. The summed E-state index contributed by atoms with van der Waals surface area (Å²) in [4.78, 5) is 3.79.